The van der Waals surface area contributed by atoms with Gasteiger partial charge >= 0.3 is 0 Å². The van der Waals surface area contributed by atoms with Crippen LogP contribution in [0, 0.1) is 0 Å². The van der Waals surface area contributed by atoms with Gasteiger partial charge in [-0.2, -0.15) is 4.31 Å². The van der Waals surface area contributed by atoms with Crippen LogP contribution in [0.5, 0.6) is 11.5 Å². The second-order valence-corrected chi connectivity index (χ2v) is 7.36. The third-order valence-electron chi connectivity index (χ3n) is 3.78. The van der Waals surface area contributed by atoms with Gasteiger partial charge in [0, 0.05) is 31.6 Å². The molecule has 1 atom stereocenters. The molecule has 0 aromatic heterocycles. The van der Waals surface area contributed by atoms with Gasteiger partial charge in [-0.25, -0.2) is 8.42 Å². The number of piperidine rings is 1. The lowest BCUT2D eigenvalue weighted by molar-refractivity contribution is 0.296. The first kappa shape index (κ1) is 14.6. The fourth-order valence-electron chi connectivity index (χ4n) is 2.65. The van der Waals surface area contributed by atoms with E-state index < -0.39 is 10.0 Å². The van der Waals surface area contributed by atoms with Gasteiger partial charge < -0.3 is 15.2 Å². The molecule has 0 amide bonds. The fraction of sp³-hybridized carbons (Fsp3) is 0.571. The second-order valence-electron chi connectivity index (χ2n) is 5.42. The van der Waals surface area contributed by atoms with Crippen LogP contribution in [0.4, 0.5) is 0 Å². The van der Waals surface area contributed by atoms with Crippen LogP contribution >= 0.6 is 0 Å². The van der Waals surface area contributed by atoms with Crippen molar-refractivity contribution in [3.05, 3.63) is 18.2 Å². The van der Waals surface area contributed by atoms with Crippen LogP contribution in [0.2, 0.25) is 0 Å². The molecule has 0 unspecified atom stereocenters. The molecule has 7 heteroatoms. The summed E-state index contributed by atoms with van der Waals surface area (Å²) in [5, 5.41) is 0. The Hall–Kier alpha value is -1.31. The summed E-state index contributed by atoms with van der Waals surface area (Å²) >= 11 is 0. The quantitative estimate of drug-likeness (QED) is 0.879. The van der Waals surface area contributed by atoms with Crippen LogP contribution in [0.25, 0.3) is 0 Å². The molecule has 0 radical (unpaired) electrons. The zero-order valence-electron chi connectivity index (χ0n) is 11.8. The van der Waals surface area contributed by atoms with Gasteiger partial charge in [-0.1, -0.05) is 0 Å². The molecule has 116 valence electrons. The predicted octanol–water partition coefficient (Wildman–Crippen LogP) is 0.960. The number of fused-ring (bicyclic) bond motifs is 1. The normalized spacial score (nSPS) is 23.6. The van der Waals surface area contributed by atoms with Gasteiger partial charge in [0.1, 0.15) is 0 Å². The lowest BCUT2D eigenvalue weighted by Gasteiger charge is -2.30. The van der Waals surface area contributed by atoms with E-state index in [1.54, 1.807) is 18.2 Å². The Balaban J connectivity index is 1.90. The summed E-state index contributed by atoms with van der Waals surface area (Å²) in [6.07, 6.45) is 2.45. The molecule has 1 fully saturated rings. The minimum atomic E-state index is -3.52. The molecule has 0 saturated carbocycles. The van der Waals surface area contributed by atoms with Gasteiger partial charge in [-0.3, -0.25) is 0 Å². The van der Waals surface area contributed by atoms with E-state index in [1.807, 2.05) is 0 Å². The summed E-state index contributed by atoms with van der Waals surface area (Å²) in [5.74, 6) is 1.09. The van der Waals surface area contributed by atoms with Crippen molar-refractivity contribution in [1.29, 1.82) is 0 Å². The number of nitrogens with two attached hydrogens (primary N) is 1. The highest BCUT2D eigenvalue weighted by atomic mass is 32.2. The maximum Gasteiger partial charge on any atom is 0.243 e. The van der Waals surface area contributed by atoms with E-state index in [2.05, 4.69) is 0 Å². The standard InChI is InChI=1S/C14H20N2O4S/c15-11-3-1-6-16(10-11)21(17,18)12-4-5-13-14(9-12)20-8-2-7-19-13/h4-5,9,11H,1-3,6-8,10,15H2/t11-/m1/s1. The Labute approximate surface area is 124 Å². The van der Waals surface area contributed by atoms with Crippen molar-refractivity contribution >= 4 is 10.0 Å². The molecule has 1 saturated heterocycles. The number of hydrogen-bond donors (Lipinski definition) is 1. The third kappa shape index (κ3) is 3.00. The minimum absolute atomic E-state index is 0.0889. The number of ether oxygens (including phenoxy) is 2. The van der Waals surface area contributed by atoms with Gasteiger partial charge in [-0.15, -0.1) is 0 Å². The largest absolute Gasteiger partial charge is 0.490 e. The molecular formula is C14H20N2O4S. The molecule has 2 N–H and O–H groups in total. The molecule has 21 heavy (non-hydrogen) atoms. The Bertz CT molecular complexity index is 617. The average Bonchev–Trinajstić information content (AvgIpc) is 2.71. The van der Waals surface area contributed by atoms with Crippen molar-refractivity contribution in [2.45, 2.75) is 30.2 Å². The Morgan fingerprint density at radius 3 is 2.67 bits per heavy atom. The van der Waals surface area contributed by atoms with Crippen LogP contribution in [-0.4, -0.2) is 45.1 Å². The second kappa shape index (κ2) is 5.82. The molecular weight excluding hydrogens is 292 g/mol. The molecule has 2 aliphatic heterocycles. The molecule has 0 bridgehead atoms. The number of benzene rings is 1. The summed E-state index contributed by atoms with van der Waals surface area (Å²) in [5.41, 5.74) is 5.88. The topological polar surface area (TPSA) is 81.9 Å². The van der Waals surface area contributed by atoms with E-state index in [0.29, 0.717) is 37.8 Å². The van der Waals surface area contributed by atoms with Crippen molar-refractivity contribution in [2.75, 3.05) is 26.3 Å². The highest BCUT2D eigenvalue weighted by molar-refractivity contribution is 7.89. The Morgan fingerprint density at radius 1 is 1.14 bits per heavy atom. The number of hydrogen-bond acceptors (Lipinski definition) is 5. The van der Waals surface area contributed by atoms with Gasteiger partial charge in [0.25, 0.3) is 0 Å². The van der Waals surface area contributed by atoms with E-state index in [0.717, 1.165) is 19.3 Å². The van der Waals surface area contributed by atoms with E-state index in [1.165, 1.54) is 4.31 Å². The van der Waals surface area contributed by atoms with E-state index in [-0.39, 0.29) is 10.9 Å². The summed E-state index contributed by atoms with van der Waals surface area (Å²) in [4.78, 5) is 0.237. The van der Waals surface area contributed by atoms with Crippen LogP contribution in [0.15, 0.2) is 23.1 Å². The van der Waals surface area contributed by atoms with E-state index in [4.69, 9.17) is 15.2 Å². The summed E-state index contributed by atoms with van der Waals surface area (Å²) in [7, 11) is -3.52. The monoisotopic (exact) mass is 312 g/mol. The smallest absolute Gasteiger partial charge is 0.243 e. The van der Waals surface area contributed by atoms with Crippen molar-refractivity contribution in [2.24, 2.45) is 5.73 Å². The van der Waals surface area contributed by atoms with Gasteiger partial charge in [0.15, 0.2) is 11.5 Å². The molecule has 2 heterocycles. The molecule has 0 spiro atoms. The predicted molar refractivity (Wildman–Crippen MR) is 78.0 cm³/mol. The molecule has 6 nitrogen and oxygen atoms in total. The number of rotatable bonds is 2. The highest BCUT2D eigenvalue weighted by Crippen LogP contribution is 2.33. The summed E-state index contributed by atoms with van der Waals surface area (Å²) in [6, 6.07) is 4.70. The van der Waals surface area contributed by atoms with Crippen LogP contribution in [-0.2, 0) is 10.0 Å². The lowest BCUT2D eigenvalue weighted by atomic mass is 10.1. The number of nitrogens with zero attached hydrogens (tertiary/aromatic N) is 1. The highest BCUT2D eigenvalue weighted by Gasteiger charge is 2.29. The molecule has 0 aliphatic carbocycles. The lowest BCUT2D eigenvalue weighted by Crippen LogP contribution is -2.45. The SMILES string of the molecule is N[C@@H]1CCCN(S(=O)(=O)c2ccc3c(c2)OCCCO3)C1. The first-order chi connectivity index (χ1) is 10.1. The van der Waals surface area contributed by atoms with Crippen LogP contribution in [0.3, 0.4) is 0 Å². The minimum Gasteiger partial charge on any atom is -0.490 e. The zero-order chi connectivity index (χ0) is 14.9. The number of sulfonamides is 1. The van der Waals surface area contributed by atoms with Gasteiger partial charge in [-0.05, 0) is 25.0 Å². The van der Waals surface area contributed by atoms with E-state index in [9.17, 15) is 8.42 Å². The zero-order valence-corrected chi connectivity index (χ0v) is 12.6. The maximum atomic E-state index is 12.7. The van der Waals surface area contributed by atoms with E-state index >= 15 is 0 Å². The van der Waals surface area contributed by atoms with Crippen LogP contribution < -0.4 is 15.2 Å². The molecule has 3 rings (SSSR count). The van der Waals surface area contributed by atoms with Crippen LogP contribution in [0.1, 0.15) is 19.3 Å². The summed E-state index contributed by atoms with van der Waals surface area (Å²) in [6.45, 7) is 2.01. The molecule has 1 aromatic carbocycles. The van der Waals surface area contributed by atoms with Crippen molar-refractivity contribution in [1.82, 2.24) is 4.31 Å². The van der Waals surface area contributed by atoms with Crippen molar-refractivity contribution in [3.63, 3.8) is 0 Å². The van der Waals surface area contributed by atoms with Gasteiger partial charge in [0.05, 0.1) is 18.1 Å². The average molecular weight is 312 g/mol. The Kier molecular flexibility index (Phi) is 4.05. The molecule has 2 aliphatic rings. The first-order valence-electron chi connectivity index (χ1n) is 7.23. The summed E-state index contributed by atoms with van der Waals surface area (Å²) < 4.78 is 37.9. The first-order valence-corrected chi connectivity index (χ1v) is 8.67. The Morgan fingerprint density at radius 2 is 1.90 bits per heavy atom. The van der Waals surface area contributed by atoms with Crippen molar-refractivity contribution < 1.29 is 17.9 Å². The maximum absolute atomic E-state index is 12.7. The fourth-order valence-corrected chi connectivity index (χ4v) is 4.20. The molecule has 1 aromatic rings. The van der Waals surface area contributed by atoms with Gasteiger partial charge in [0.2, 0.25) is 10.0 Å². The van der Waals surface area contributed by atoms with Crippen molar-refractivity contribution in [3.8, 4) is 11.5 Å². The third-order valence-corrected chi connectivity index (χ3v) is 5.64.